The monoisotopic (exact) mass is 219 g/mol. The molecule has 0 amide bonds. The van der Waals surface area contributed by atoms with Crippen LogP contribution in [-0.4, -0.2) is 19.0 Å². The van der Waals surface area contributed by atoms with Gasteiger partial charge in [-0.3, -0.25) is 4.90 Å². The summed E-state index contributed by atoms with van der Waals surface area (Å²) in [4.78, 5) is 3.85. The lowest BCUT2D eigenvalue weighted by atomic mass is 10.4. The lowest BCUT2D eigenvalue weighted by Gasteiger charge is -2.15. The SMILES string of the molecule is CN(C)C(Br)c1cccs1. The first-order valence-electron chi connectivity index (χ1n) is 3.05. The van der Waals surface area contributed by atoms with E-state index >= 15 is 0 Å². The van der Waals surface area contributed by atoms with Gasteiger partial charge in [-0.25, -0.2) is 0 Å². The first kappa shape index (κ1) is 8.24. The molecule has 0 radical (unpaired) electrons. The molecule has 1 heterocycles. The van der Waals surface area contributed by atoms with Crippen LogP contribution >= 0.6 is 27.3 Å². The molecule has 1 rings (SSSR count). The second-order valence-corrected chi connectivity index (χ2v) is 4.16. The Morgan fingerprint density at radius 3 is 2.70 bits per heavy atom. The summed E-state index contributed by atoms with van der Waals surface area (Å²) in [6.45, 7) is 0. The molecule has 1 nitrogen and oxygen atoms in total. The first-order valence-corrected chi connectivity index (χ1v) is 4.85. The molecule has 3 heteroatoms. The predicted octanol–water partition coefficient (Wildman–Crippen LogP) is 2.70. The Morgan fingerprint density at radius 2 is 2.30 bits per heavy atom. The summed E-state index contributed by atoms with van der Waals surface area (Å²) in [5, 5.41) is 2.09. The molecular weight excluding hydrogens is 210 g/mol. The molecule has 0 spiro atoms. The van der Waals surface area contributed by atoms with Gasteiger partial charge in [0.1, 0.15) is 0 Å². The molecule has 1 atom stereocenters. The van der Waals surface area contributed by atoms with Crippen molar-refractivity contribution in [3.63, 3.8) is 0 Å². The number of rotatable bonds is 2. The van der Waals surface area contributed by atoms with Crippen LogP contribution < -0.4 is 0 Å². The first-order chi connectivity index (χ1) is 4.72. The van der Waals surface area contributed by atoms with E-state index in [-0.39, 0.29) is 0 Å². The second kappa shape index (κ2) is 3.51. The summed E-state index contributed by atoms with van der Waals surface area (Å²) < 4.78 is 0. The standard InChI is InChI=1S/C7H10BrNS/c1-9(2)7(8)6-4-3-5-10-6/h3-5,7H,1-2H3. The molecular formula is C7H10BrNS. The van der Waals surface area contributed by atoms with Crippen molar-refractivity contribution in [1.29, 1.82) is 0 Å². The normalized spacial score (nSPS) is 14.0. The summed E-state index contributed by atoms with van der Waals surface area (Å²) in [6, 6.07) is 4.20. The molecule has 0 aliphatic heterocycles. The van der Waals surface area contributed by atoms with Gasteiger partial charge in [0.15, 0.2) is 0 Å². The van der Waals surface area contributed by atoms with Gasteiger partial charge in [-0.1, -0.05) is 22.0 Å². The number of thiophene rings is 1. The van der Waals surface area contributed by atoms with Crippen LogP contribution in [-0.2, 0) is 0 Å². The van der Waals surface area contributed by atoms with Crippen LogP contribution in [0.1, 0.15) is 9.83 Å². The minimum Gasteiger partial charge on any atom is -0.293 e. The van der Waals surface area contributed by atoms with Crippen LogP contribution in [0.25, 0.3) is 0 Å². The van der Waals surface area contributed by atoms with Gasteiger partial charge in [-0.05, 0) is 25.5 Å². The minimum atomic E-state index is 0.368. The third kappa shape index (κ3) is 1.81. The van der Waals surface area contributed by atoms with Crippen molar-refractivity contribution in [2.24, 2.45) is 0 Å². The smallest absolute Gasteiger partial charge is 0.0999 e. The Morgan fingerprint density at radius 1 is 1.60 bits per heavy atom. The zero-order chi connectivity index (χ0) is 7.56. The van der Waals surface area contributed by atoms with E-state index in [9.17, 15) is 0 Å². The van der Waals surface area contributed by atoms with E-state index < -0.39 is 0 Å². The average molecular weight is 220 g/mol. The number of alkyl halides is 1. The molecule has 0 aliphatic rings. The van der Waals surface area contributed by atoms with Crippen LogP contribution in [0.4, 0.5) is 0 Å². The number of hydrogen-bond acceptors (Lipinski definition) is 2. The van der Waals surface area contributed by atoms with Gasteiger partial charge < -0.3 is 0 Å². The predicted molar refractivity (Wildman–Crippen MR) is 49.7 cm³/mol. The zero-order valence-corrected chi connectivity index (χ0v) is 8.45. The van der Waals surface area contributed by atoms with Crippen LogP contribution in [0, 0.1) is 0 Å². The maximum atomic E-state index is 3.57. The van der Waals surface area contributed by atoms with Crippen molar-refractivity contribution in [1.82, 2.24) is 4.90 Å². The number of hydrogen-bond donors (Lipinski definition) is 0. The van der Waals surface area contributed by atoms with Crippen LogP contribution in [0.3, 0.4) is 0 Å². The van der Waals surface area contributed by atoms with E-state index in [0.717, 1.165) is 0 Å². The Kier molecular flexibility index (Phi) is 2.89. The summed E-state index contributed by atoms with van der Waals surface area (Å²) in [5.41, 5.74) is 0. The van der Waals surface area contributed by atoms with E-state index in [1.807, 2.05) is 0 Å². The van der Waals surface area contributed by atoms with Crippen molar-refractivity contribution < 1.29 is 0 Å². The van der Waals surface area contributed by atoms with Crippen molar-refractivity contribution in [3.05, 3.63) is 22.4 Å². The number of nitrogens with zero attached hydrogens (tertiary/aromatic N) is 1. The molecule has 0 aromatic carbocycles. The van der Waals surface area contributed by atoms with E-state index in [2.05, 4.69) is 52.4 Å². The highest BCUT2D eigenvalue weighted by Crippen LogP contribution is 2.27. The quantitative estimate of drug-likeness (QED) is 0.547. The summed E-state index contributed by atoms with van der Waals surface area (Å²) in [7, 11) is 4.11. The molecule has 0 bridgehead atoms. The minimum absolute atomic E-state index is 0.368. The fraction of sp³-hybridized carbons (Fsp3) is 0.429. The van der Waals surface area contributed by atoms with Crippen LogP contribution in [0.5, 0.6) is 0 Å². The lowest BCUT2D eigenvalue weighted by molar-refractivity contribution is 0.402. The Balaban J connectivity index is 2.68. The van der Waals surface area contributed by atoms with Gasteiger partial charge in [0.25, 0.3) is 0 Å². The van der Waals surface area contributed by atoms with Crippen molar-refractivity contribution in [2.45, 2.75) is 4.95 Å². The van der Waals surface area contributed by atoms with Crippen molar-refractivity contribution in [2.75, 3.05) is 14.1 Å². The summed E-state index contributed by atoms with van der Waals surface area (Å²) in [6.07, 6.45) is 0. The highest BCUT2D eigenvalue weighted by atomic mass is 79.9. The maximum Gasteiger partial charge on any atom is 0.0999 e. The zero-order valence-electron chi connectivity index (χ0n) is 6.04. The second-order valence-electron chi connectivity index (χ2n) is 2.31. The van der Waals surface area contributed by atoms with Gasteiger partial charge in [-0.15, -0.1) is 11.3 Å². The highest BCUT2D eigenvalue weighted by Gasteiger charge is 2.08. The van der Waals surface area contributed by atoms with E-state index in [0.29, 0.717) is 4.95 Å². The Labute approximate surface area is 73.8 Å². The third-order valence-corrected chi connectivity index (χ3v) is 3.77. The summed E-state index contributed by atoms with van der Waals surface area (Å²) >= 11 is 5.34. The molecule has 56 valence electrons. The Hall–Kier alpha value is 0.140. The largest absolute Gasteiger partial charge is 0.293 e. The third-order valence-electron chi connectivity index (χ3n) is 1.23. The molecule has 0 saturated heterocycles. The summed E-state index contributed by atoms with van der Waals surface area (Å²) in [5.74, 6) is 0. The van der Waals surface area contributed by atoms with Crippen molar-refractivity contribution >= 4 is 27.3 Å². The van der Waals surface area contributed by atoms with E-state index in [1.54, 1.807) is 11.3 Å². The molecule has 10 heavy (non-hydrogen) atoms. The fourth-order valence-electron chi connectivity index (χ4n) is 0.681. The maximum absolute atomic E-state index is 3.57. The van der Waals surface area contributed by atoms with Gasteiger partial charge in [0.2, 0.25) is 0 Å². The van der Waals surface area contributed by atoms with Gasteiger partial charge in [-0.2, -0.15) is 0 Å². The molecule has 0 saturated carbocycles. The number of halogens is 1. The average Bonchev–Trinajstić information content (AvgIpc) is 2.36. The van der Waals surface area contributed by atoms with Crippen LogP contribution in [0.2, 0.25) is 0 Å². The molecule has 1 aromatic rings. The van der Waals surface area contributed by atoms with Crippen LogP contribution in [0.15, 0.2) is 17.5 Å². The van der Waals surface area contributed by atoms with Gasteiger partial charge in [0.05, 0.1) is 4.95 Å². The molecule has 0 fully saturated rings. The lowest BCUT2D eigenvalue weighted by Crippen LogP contribution is -2.12. The molecule has 1 aromatic heterocycles. The molecule has 0 aliphatic carbocycles. The topological polar surface area (TPSA) is 3.24 Å². The highest BCUT2D eigenvalue weighted by molar-refractivity contribution is 9.09. The van der Waals surface area contributed by atoms with E-state index in [4.69, 9.17) is 0 Å². The van der Waals surface area contributed by atoms with Crippen molar-refractivity contribution in [3.8, 4) is 0 Å². The molecule has 1 unspecified atom stereocenters. The van der Waals surface area contributed by atoms with Gasteiger partial charge >= 0.3 is 0 Å². The molecule has 0 N–H and O–H groups in total. The van der Waals surface area contributed by atoms with Gasteiger partial charge in [0, 0.05) is 4.88 Å². The van der Waals surface area contributed by atoms with E-state index in [1.165, 1.54) is 4.88 Å². The Bertz CT molecular complexity index is 183. The fourth-order valence-corrected chi connectivity index (χ4v) is 1.95.